The molecule has 0 saturated heterocycles. The molecule has 0 atom stereocenters. The number of hydrogen-bond acceptors (Lipinski definition) is 3. The Morgan fingerprint density at radius 1 is 0.682 bits per heavy atom. The highest BCUT2D eigenvalue weighted by molar-refractivity contribution is 5.80. The van der Waals surface area contributed by atoms with Crippen LogP contribution in [0.4, 0.5) is 5.69 Å². The summed E-state index contributed by atoms with van der Waals surface area (Å²) in [7, 11) is 0. The van der Waals surface area contributed by atoms with Crippen molar-refractivity contribution in [1.82, 2.24) is 0 Å². The second-order valence-electron chi connectivity index (χ2n) is 4.72. The first kappa shape index (κ1) is 13.9. The molecule has 0 radical (unpaired) electrons. The second-order valence-corrected chi connectivity index (χ2v) is 4.72. The minimum atomic E-state index is 0.795. The van der Waals surface area contributed by atoms with Crippen molar-refractivity contribution in [3.05, 3.63) is 90.5 Å². The number of anilines is 1. The molecule has 0 fully saturated rings. The van der Waals surface area contributed by atoms with Crippen molar-refractivity contribution in [2.45, 2.75) is 0 Å². The maximum absolute atomic E-state index is 5.74. The van der Waals surface area contributed by atoms with Crippen molar-refractivity contribution >= 4 is 11.9 Å². The molecule has 0 bridgehead atoms. The quantitative estimate of drug-likeness (QED) is 0.533. The summed E-state index contributed by atoms with van der Waals surface area (Å²) in [6, 6.07) is 27.3. The fourth-order valence-electron chi connectivity index (χ4n) is 1.94. The first-order valence-corrected chi connectivity index (χ1v) is 7.07. The minimum Gasteiger partial charge on any atom is -0.457 e. The third kappa shape index (κ3) is 3.96. The van der Waals surface area contributed by atoms with E-state index in [1.165, 1.54) is 0 Å². The Morgan fingerprint density at radius 2 is 1.27 bits per heavy atom. The van der Waals surface area contributed by atoms with Gasteiger partial charge in [0.25, 0.3) is 0 Å². The lowest BCUT2D eigenvalue weighted by molar-refractivity contribution is 0.483. The van der Waals surface area contributed by atoms with Gasteiger partial charge >= 0.3 is 0 Å². The molecule has 1 N–H and O–H groups in total. The molecule has 3 nitrogen and oxygen atoms in total. The summed E-state index contributed by atoms with van der Waals surface area (Å²) in [6.07, 6.45) is 1.79. The van der Waals surface area contributed by atoms with Crippen LogP contribution < -0.4 is 10.2 Å². The van der Waals surface area contributed by atoms with Gasteiger partial charge in [-0.1, -0.05) is 48.5 Å². The number of para-hydroxylation sites is 1. The van der Waals surface area contributed by atoms with Crippen LogP contribution >= 0.6 is 0 Å². The maximum Gasteiger partial charge on any atom is 0.127 e. The summed E-state index contributed by atoms with van der Waals surface area (Å²) in [4.78, 5) is 0. The van der Waals surface area contributed by atoms with Crippen LogP contribution in [0.2, 0.25) is 0 Å². The van der Waals surface area contributed by atoms with E-state index in [-0.39, 0.29) is 0 Å². The SMILES string of the molecule is C(=N\Nc1ccc(Oc2ccccc2)cc1)/c1ccccc1. The maximum atomic E-state index is 5.74. The van der Waals surface area contributed by atoms with Crippen LogP contribution in [0, 0.1) is 0 Å². The van der Waals surface area contributed by atoms with E-state index >= 15 is 0 Å². The molecular formula is C19H16N2O. The Hall–Kier alpha value is -3.07. The molecule has 0 aliphatic heterocycles. The van der Waals surface area contributed by atoms with Gasteiger partial charge in [-0.05, 0) is 42.0 Å². The monoisotopic (exact) mass is 288 g/mol. The Bertz CT molecular complexity index is 722. The molecular weight excluding hydrogens is 272 g/mol. The molecule has 0 saturated carbocycles. The van der Waals surface area contributed by atoms with Crippen LogP contribution in [0.25, 0.3) is 0 Å². The lowest BCUT2D eigenvalue weighted by Gasteiger charge is -2.06. The van der Waals surface area contributed by atoms with Gasteiger partial charge in [-0.2, -0.15) is 5.10 Å². The second kappa shape index (κ2) is 7.09. The van der Waals surface area contributed by atoms with E-state index in [0.29, 0.717) is 0 Å². The summed E-state index contributed by atoms with van der Waals surface area (Å²) in [5.41, 5.74) is 4.96. The highest BCUT2D eigenvalue weighted by Gasteiger charge is 1.96. The molecule has 0 aromatic heterocycles. The zero-order chi connectivity index (χ0) is 15.0. The van der Waals surface area contributed by atoms with Crippen molar-refractivity contribution in [2.24, 2.45) is 5.10 Å². The van der Waals surface area contributed by atoms with Crippen LogP contribution in [0.5, 0.6) is 11.5 Å². The van der Waals surface area contributed by atoms with E-state index in [2.05, 4.69) is 10.5 Å². The first-order chi connectivity index (χ1) is 10.9. The lowest BCUT2D eigenvalue weighted by Crippen LogP contribution is -1.90. The van der Waals surface area contributed by atoms with Crippen molar-refractivity contribution in [2.75, 3.05) is 5.43 Å². The summed E-state index contributed by atoms with van der Waals surface area (Å²) in [5.74, 6) is 1.62. The Labute approximate surface area is 129 Å². The van der Waals surface area contributed by atoms with E-state index < -0.39 is 0 Å². The van der Waals surface area contributed by atoms with Gasteiger partial charge in [0.15, 0.2) is 0 Å². The molecule has 108 valence electrons. The number of nitrogens with zero attached hydrogens (tertiary/aromatic N) is 1. The molecule has 0 spiro atoms. The summed E-state index contributed by atoms with van der Waals surface area (Å²) >= 11 is 0. The topological polar surface area (TPSA) is 33.6 Å². The normalized spacial score (nSPS) is 10.5. The van der Waals surface area contributed by atoms with Gasteiger partial charge < -0.3 is 4.74 Å². The predicted molar refractivity (Wildman–Crippen MR) is 90.6 cm³/mol. The average Bonchev–Trinajstić information content (AvgIpc) is 2.58. The van der Waals surface area contributed by atoms with Crippen LogP contribution in [0.1, 0.15) is 5.56 Å². The number of ether oxygens (including phenoxy) is 1. The largest absolute Gasteiger partial charge is 0.457 e. The van der Waals surface area contributed by atoms with E-state index in [0.717, 1.165) is 22.7 Å². The van der Waals surface area contributed by atoms with Crippen LogP contribution in [-0.2, 0) is 0 Å². The summed E-state index contributed by atoms with van der Waals surface area (Å²) in [5, 5.41) is 4.21. The number of hydrogen-bond donors (Lipinski definition) is 1. The van der Waals surface area contributed by atoms with E-state index in [1.54, 1.807) is 6.21 Å². The minimum absolute atomic E-state index is 0.795. The molecule has 0 amide bonds. The van der Waals surface area contributed by atoms with Crippen LogP contribution in [0.3, 0.4) is 0 Å². The summed E-state index contributed by atoms with van der Waals surface area (Å²) in [6.45, 7) is 0. The van der Waals surface area contributed by atoms with Crippen LogP contribution in [-0.4, -0.2) is 6.21 Å². The van der Waals surface area contributed by atoms with Gasteiger partial charge in [0, 0.05) is 0 Å². The lowest BCUT2D eigenvalue weighted by atomic mass is 10.2. The Balaban J connectivity index is 1.59. The van der Waals surface area contributed by atoms with Gasteiger partial charge in [-0.3, -0.25) is 5.43 Å². The van der Waals surface area contributed by atoms with Gasteiger partial charge in [-0.25, -0.2) is 0 Å². The van der Waals surface area contributed by atoms with Gasteiger partial charge in [0.1, 0.15) is 11.5 Å². The van der Waals surface area contributed by atoms with E-state index in [4.69, 9.17) is 4.74 Å². The first-order valence-electron chi connectivity index (χ1n) is 7.07. The van der Waals surface area contributed by atoms with E-state index in [9.17, 15) is 0 Å². The molecule has 3 rings (SSSR count). The number of rotatable bonds is 5. The smallest absolute Gasteiger partial charge is 0.127 e. The van der Waals surface area contributed by atoms with Crippen molar-refractivity contribution in [3.8, 4) is 11.5 Å². The number of benzene rings is 3. The molecule has 3 heteroatoms. The molecule has 3 aromatic carbocycles. The number of nitrogens with one attached hydrogen (secondary N) is 1. The van der Waals surface area contributed by atoms with Crippen LogP contribution in [0.15, 0.2) is 90.0 Å². The highest BCUT2D eigenvalue weighted by Crippen LogP contribution is 2.22. The molecule has 22 heavy (non-hydrogen) atoms. The Morgan fingerprint density at radius 3 is 1.95 bits per heavy atom. The van der Waals surface area contributed by atoms with Crippen molar-refractivity contribution < 1.29 is 4.74 Å². The molecule has 0 unspecified atom stereocenters. The van der Waals surface area contributed by atoms with Gasteiger partial charge in [-0.15, -0.1) is 0 Å². The standard InChI is InChI=1S/C19H16N2O/c1-3-7-16(8-4-1)15-20-21-17-11-13-19(14-12-17)22-18-9-5-2-6-10-18/h1-15,21H/b20-15+. The van der Waals surface area contributed by atoms with Crippen molar-refractivity contribution in [1.29, 1.82) is 0 Å². The van der Waals surface area contributed by atoms with E-state index in [1.807, 2.05) is 84.9 Å². The van der Waals surface area contributed by atoms with Gasteiger partial charge in [0.2, 0.25) is 0 Å². The Kier molecular flexibility index (Phi) is 4.47. The van der Waals surface area contributed by atoms with Crippen molar-refractivity contribution in [3.63, 3.8) is 0 Å². The number of hydrazone groups is 1. The molecule has 3 aromatic rings. The van der Waals surface area contributed by atoms with Gasteiger partial charge in [0.05, 0.1) is 11.9 Å². The molecule has 0 aliphatic rings. The zero-order valence-electron chi connectivity index (χ0n) is 12.0. The third-order valence-corrected chi connectivity index (χ3v) is 3.04. The highest BCUT2D eigenvalue weighted by atomic mass is 16.5. The average molecular weight is 288 g/mol. The third-order valence-electron chi connectivity index (χ3n) is 3.04. The fraction of sp³-hybridized carbons (Fsp3) is 0. The zero-order valence-corrected chi connectivity index (χ0v) is 12.0. The fourth-order valence-corrected chi connectivity index (χ4v) is 1.94. The molecule has 0 aliphatic carbocycles. The summed E-state index contributed by atoms with van der Waals surface area (Å²) < 4.78 is 5.74. The predicted octanol–water partition coefficient (Wildman–Crippen LogP) is 4.92. The molecule has 0 heterocycles.